The number of anilines is 1. The van der Waals surface area contributed by atoms with Crippen LogP contribution in [0.5, 0.6) is 0 Å². The Balaban J connectivity index is 2.21. The van der Waals surface area contributed by atoms with Crippen LogP contribution in [0.3, 0.4) is 0 Å². The van der Waals surface area contributed by atoms with Crippen LogP contribution in [0.15, 0.2) is 28.7 Å². The Morgan fingerprint density at radius 1 is 1.42 bits per heavy atom. The van der Waals surface area contributed by atoms with Crippen molar-refractivity contribution in [3.63, 3.8) is 0 Å². The van der Waals surface area contributed by atoms with E-state index in [1.165, 1.54) is 29.7 Å². The number of nitrogens with zero attached hydrogens (tertiary/aromatic N) is 2. The summed E-state index contributed by atoms with van der Waals surface area (Å²) in [6.07, 6.45) is 1.46. The zero-order valence-corrected chi connectivity index (χ0v) is 11.8. The van der Waals surface area contributed by atoms with Gasteiger partial charge in [-0.05, 0) is 19.1 Å². The van der Waals surface area contributed by atoms with E-state index < -0.39 is 10.0 Å². The molecule has 7 nitrogen and oxygen atoms in total. The Hall–Kier alpha value is -1.55. The summed E-state index contributed by atoms with van der Waals surface area (Å²) in [5, 5.41) is 0. The van der Waals surface area contributed by atoms with Crippen LogP contribution in [0.2, 0.25) is 0 Å². The maximum absolute atomic E-state index is 12.2. The lowest BCUT2D eigenvalue weighted by molar-refractivity contribution is 0.581. The first-order valence-electron chi connectivity index (χ1n) is 5.35. The fourth-order valence-corrected chi connectivity index (χ4v) is 3.37. The van der Waals surface area contributed by atoms with Crippen molar-refractivity contribution in [3.05, 3.63) is 34.4 Å². The largest absolute Gasteiger partial charge is 0.307 e. The molecular formula is C10H13N5O2S2. The van der Waals surface area contributed by atoms with Crippen LogP contribution in [0.1, 0.15) is 10.6 Å². The Bertz CT molecular complexity index is 668. The van der Waals surface area contributed by atoms with E-state index in [1.807, 2.05) is 6.92 Å². The molecule has 2 aromatic heterocycles. The summed E-state index contributed by atoms with van der Waals surface area (Å²) in [5.41, 5.74) is 4.76. The SMILES string of the molecule is Cc1ncsc1CNS(=O)(=O)c1cccnc1NN. The van der Waals surface area contributed by atoms with Crippen molar-refractivity contribution in [1.29, 1.82) is 0 Å². The number of nitrogens with two attached hydrogens (primary N) is 1. The van der Waals surface area contributed by atoms with Crippen molar-refractivity contribution in [1.82, 2.24) is 14.7 Å². The highest BCUT2D eigenvalue weighted by Gasteiger charge is 2.19. The minimum Gasteiger partial charge on any atom is -0.307 e. The second-order valence-corrected chi connectivity index (χ2v) is 6.35. The molecule has 2 aromatic rings. The first-order chi connectivity index (χ1) is 9.04. The van der Waals surface area contributed by atoms with Gasteiger partial charge in [-0.25, -0.2) is 29.0 Å². The molecule has 0 radical (unpaired) electrons. The average molecular weight is 299 g/mol. The first kappa shape index (κ1) is 13.9. The summed E-state index contributed by atoms with van der Waals surface area (Å²) in [6.45, 7) is 2.02. The van der Waals surface area contributed by atoms with Crippen LogP contribution in [0.4, 0.5) is 5.82 Å². The van der Waals surface area contributed by atoms with E-state index in [9.17, 15) is 8.42 Å². The predicted octanol–water partition coefficient (Wildman–Crippen LogP) is 0.611. The molecule has 2 rings (SSSR count). The van der Waals surface area contributed by atoms with E-state index in [-0.39, 0.29) is 17.3 Å². The van der Waals surface area contributed by atoms with Gasteiger partial charge in [0.1, 0.15) is 4.90 Å². The van der Waals surface area contributed by atoms with Crippen LogP contribution >= 0.6 is 11.3 Å². The molecule has 102 valence electrons. The van der Waals surface area contributed by atoms with Gasteiger partial charge >= 0.3 is 0 Å². The van der Waals surface area contributed by atoms with Gasteiger partial charge in [0.15, 0.2) is 5.82 Å². The lowest BCUT2D eigenvalue weighted by atomic mass is 10.4. The van der Waals surface area contributed by atoms with E-state index >= 15 is 0 Å². The molecule has 0 aromatic carbocycles. The van der Waals surface area contributed by atoms with Crippen molar-refractivity contribution < 1.29 is 8.42 Å². The van der Waals surface area contributed by atoms with Crippen molar-refractivity contribution in [2.24, 2.45) is 5.84 Å². The molecule has 2 heterocycles. The second-order valence-electron chi connectivity index (χ2n) is 3.68. The third-order valence-electron chi connectivity index (χ3n) is 2.46. The molecule has 0 saturated carbocycles. The third-order valence-corrected chi connectivity index (χ3v) is 4.83. The quantitative estimate of drug-likeness (QED) is 0.551. The molecule has 0 amide bonds. The standard InChI is InChI=1S/C10H13N5O2S2/c1-7-8(18-6-13-7)5-14-19(16,17)9-3-2-4-12-10(9)15-11/h2-4,6,14H,5,11H2,1H3,(H,12,15). The fourth-order valence-electron chi connectivity index (χ4n) is 1.45. The molecule has 0 aliphatic heterocycles. The zero-order valence-electron chi connectivity index (χ0n) is 10.1. The second kappa shape index (κ2) is 5.61. The van der Waals surface area contributed by atoms with Gasteiger partial charge in [0, 0.05) is 17.6 Å². The number of thiazole rings is 1. The van der Waals surface area contributed by atoms with Gasteiger partial charge in [-0.2, -0.15) is 0 Å². The Labute approximate surface area is 114 Å². The summed E-state index contributed by atoms with van der Waals surface area (Å²) < 4.78 is 26.8. The van der Waals surface area contributed by atoms with E-state index in [4.69, 9.17) is 5.84 Å². The average Bonchev–Trinajstić information content (AvgIpc) is 2.82. The summed E-state index contributed by atoms with van der Waals surface area (Å²) in [5.74, 6) is 5.36. The van der Waals surface area contributed by atoms with Crippen molar-refractivity contribution in [2.75, 3.05) is 5.43 Å². The normalized spacial score (nSPS) is 11.5. The molecular weight excluding hydrogens is 286 g/mol. The number of aryl methyl sites for hydroxylation is 1. The number of nitrogens with one attached hydrogen (secondary N) is 2. The molecule has 0 saturated heterocycles. The highest BCUT2D eigenvalue weighted by molar-refractivity contribution is 7.89. The molecule has 9 heteroatoms. The van der Waals surface area contributed by atoms with Crippen molar-refractivity contribution in [3.8, 4) is 0 Å². The molecule has 0 fully saturated rings. The van der Waals surface area contributed by atoms with Crippen LogP contribution < -0.4 is 16.0 Å². The Morgan fingerprint density at radius 2 is 2.21 bits per heavy atom. The van der Waals surface area contributed by atoms with E-state index in [0.29, 0.717) is 0 Å². The maximum atomic E-state index is 12.2. The molecule has 0 atom stereocenters. The highest BCUT2D eigenvalue weighted by atomic mass is 32.2. The smallest absolute Gasteiger partial charge is 0.244 e. The van der Waals surface area contributed by atoms with Crippen LogP contribution in [-0.2, 0) is 16.6 Å². The topological polar surface area (TPSA) is 110 Å². The molecule has 0 aliphatic rings. The fraction of sp³-hybridized carbons (Fsp3) is 0.200. The number of hydrogen-bond acceptors (Lipinski definition) is 7. The van der Waals surface area contributed by atoms with Gasteiger partial charge in [0.05, 0.1) is 11.2 Å². The van der Waals surface area contributed by atoms with E-state index in [0.717, 1.165) is 10.6 Å². The summed E-state index contributed by atoms with van der Waals surface area (Å²) in [6, 6.07) is 2.97. The predicted molar refractivity (Wildman–Crippen MR) is 72.9 cm³/mol. The molecule has 0 aliphatic carbocycles. The van der Waals surface area contributed by atoms with Crippen molar-refractivity contribution in [2.45, 2.75) is 18.4 Å². The number of hydrogen-bond donors (Lipinski definition) is 3. The first-order valence-corrected chi connectivity index (χ1v) is 7.71. The van der Waals surface area contributed by atoms with E-state index in [2.05, 4.69) is 20.1 Å². The van der Waals surface area contributed by atoms with Gasteiger partial charge in [0.25, 0.3) is 0 Å². The minimum absolute atomic E-state index is 0.0136. The molecule has 0 bridgehead atoms. The van der Waals surface area contributed by atoms with Gasteiger partial charge < -0.3 is 5.43 Å². The molecule has 4 N–H and O–H groups in total. The van der Waals surface area contributed by atoms with Crippen molar-refractivity contribution >= 4 is 27.2 Å². The molecule has 19 heavy (non-hydrogen) atoms. The summed E-state index contributed by atoms with van der Waals surface area (Å²) in [7, 11) is -3.67. The highest BCUT2D eigenvalue weighted by Crippen LogP contribution is 2.18. The minimum atomic E-state index is -3.67. The molecule has 0 unspecified atom stereocenters. The monoisotopic (exact) mass is 299 g/mol. The number of sulfonamides is 1. The lowest BCUT2D eigenvalue weighted by Crippen LogP contribution is -2.25. The lowest BCUT2D eigenvalue weighted by Gasteiger charge is -2.09. The van der Waals surface area contributed by atoms with Crippen LogP contribution in [0.25, 0.3) is 0 Å². The third kappa shape index (κ3) is 3.07. The number of pyridine rings is 1. The Kier molecular flexibility index (Phi) is 4.10. The zero-order chi connectivity index (χ0) is 13.9. The number of hydrazine groups is 1. The Morgan fingerprint density at radius 3 is 2.84 bits per heavy atom. The summed E-state index contributed by atoms with van der Waals surface area (Å²) >= 11 is 1.40. The number of nitrogen functional groups attached to an aromatic ring is 1. The van der Waals surface area contributed by atoms with Gasteiger partial charge in [-0.3, -0.25) is 0 Å². The van der Waals surface area contributed by atoms with E-state index in [1.54, 1.807) is 5.51 Å². The summed E-state index contributed by atoms with van der Waals surface area (Å²) in [4.78, 5) is 8.81. The van der Waals surface area contributed by atoms with Crippen LogP contribution in [0, 0.1) is 6.92 Å². The van der Waals surface area contributed by atoms with Gasteiger partial charge in [-0.15, -0.1) is 11.3 Å². The molecule has 0 spiro atoms. The maximum Gasteiger partial charge on any atom is 0.244 e. The van der Waals surface area contributed by atoms with Gasteiger partial charge in [0.2, 0.25) is 10.0 Å². The van der Waals surface area contributed by atoms with Crippen LogP contribution in [-0.4, -0.2) is 18.4 Å². The van der Waals surface area contributed by atoms with Gasteiger partial charge in [-0.1, -0.05) is 0 Å². The number of aromatic nitrogens is 2. The number of rotatable bonds is 5.